The summed E-state index contributed by atoms with van der Waals surface area (Å²) in [6.07, 6.45) is 1.10. The summed E-state index contributed by atoms with van der Waals surface area (Å²) in [6.45, 7) is 0. The van der Waals surface area contributed by atoms with E-state index in [-0.39, 0.29) is 23.7 Å². The first-order chi connectivity index (χ1) is 55.3. The minimum Gasteiger partial charge on any atom is -0.457 e. The molecule has 0 radical (unpaired) electrons. The molecule has 0 saturated carbocycles. The van der Waals surface area contributed by atoms with Crippen molar-refractivity contribution in [2.45, 2.75) is 100 Å². The second-order valence-electron chi connectivity index (χ2n) is 29.9. The fourth-order valence-electron chi connectivity index (χ4n) is 17.3. The van der Waals surface area contributed by atoms with E-state index in [0.717, 1.165) is 44.5 Å². The molecular formula is C100H76O12. The molecule has 0 atom stereocenters. The Morgan fingerprint density at radius 3 is 0.562 bits per heavy atom. The molecule has 112 heavy (non-hydrogen) atoms. The molecule has 21 rings (SSSR count). The maximum Gasteiger partial charge on any atom is 0.267 e. The Morgan fingerprint density at radius 2 is 0.357 bits per heavy atom. The van der Waals surface area contributed by atoms with Crippen molar-refractivity contribution in [2.75, 3.05) is 0 Å². The van der Waals surface area contributed by atoms with Crippen LogP contribution >= 0.6 is 0 Å². The highest BCUT2D eigenvalue weighted by Gasteiger charge is 2.42. The average Bonchev–Trinajstić information content (AvgIpc) is 1.18. The lowest BCUT2D eigenvalue weighted by atomic mass is 9.75. The number of ether oxygens (including phenoxy) is 12. The van der Waals surface area contributed by atoms with Crippen LogP contribution in [-0.4, -0.2) is 0 Å². The molecule has 12 nitrogen and oxygen atoms in total. The first kappa shape index (κ1) is 66.8. The van der Waals surface area contributed by atoms with E-state index in [0.29, 0.717) is 166 Å². The van der Waals surface area contributed by atoms with Gasteiger partial charge in [0.15, 0.2) is 0 Å². The van der Waals surface area contributed by atoms with Gasteiger partial charge in [-0.3, -0.25) is 0 Å². The SMILES string of the molecule is c1ccc(CCC2c3cc4c5cc3OC3Oc6cc7c(cc62)C(CCc2ccccc2)c2cc6c8cc2OC(O7)c2cccc(c2)Oc2cccc(c2)Oc2cccc(c2)C(O8)Oc2cc(c(cc2C6CCc2ccccc2)C4CCc2ccccc2)OC(O5)c2cccc(c2)Oc2cccc(c2)Oc2cccc3c2)cc1. The fourth-order valence-corrected chi connectivity index (χ4v) is 17.3. The Hall–Kier alpha value is -13.3. The van der Waals surface area contributed by atoms with Crippen LogP contribution in [0.1, 0.15) is 164 Å². The summed E-state index contributed by atoms with van der Waals surface area (Å²) in [6, 6.07) is 108. The Bertz CT molecular complexity index is 5200. The van der Waals surface area contributed by atoms with Crippen molar-refractivity contribution in [1.82, 2.24) is 0 Å². The predicted octanol–water partition coefficient (Wildman–Crippen LogP) is 24.7. The van der Waals surface area contributed by atoms with Crippen molar-refractivity contribution in [1.29, 1.82) is 0 Å². The molecule has 0 saturated heterocycles. The van der Waals surface area contributed by atoms with E-state index in [1.165, 1.54) is 22.3 Å². The van der Waals surface area contributed by atoms with E-state index in [2.05, 4.69) is 170 Å². The summed E-state index contributed by atoms with van der Waals surface area (Å²) in [5.74, 6) is 7.71. The average molecular weight is 1470 g/mol. The van der Waals surface area contributed by atoms with Crippen LogP contribution in [0.4, 0.5) is 0 Å². The van der Waals surface area contributed by atoms with Crippen LogP contribution in [0.2, 0.25) is 0 Å². The van der Waals surface area contributed by atoms with E-state index < -0.39 is 25.2 Å². The van der Waals surface area contributed by atoms with Gasteiger partial charge >= 0.3 is 0 Å². The molecule has 7 aliphatic rings. The monoisotopic (exact) mass is 1470 g/mol. The van der Waals surface area contributed by atoms with Crippen molar-refractivity contribution in [2.24, 2.45) is 0 Å². The van der Waals surface area contributed by atoms with Crippen LogP contribution in [0.25, 0.3) is 0 Å². The van der Waals surface area contributed by atoms with Gasteiger partial charge in [0.05, 0.1) is 0 Å². The van der Waals surface area contributed by atoms with Crippen LogP contribution in [-0.2, 0) is 25.7 Å². The second kappa shape index (κ2) is 28.6. The molecule has 0 N–H and O–H groups in total. The lowest BCUT2D eigenvalue weighted by molar-refractivity contribution is -0.0121. The molecule has 12 heteroatoms. The third-order valence-corrected chi connectivity index (χ3v) is 22.8. The lowest BCUT2D eigenvalue weighted by Gasteiger charge is -2.38. The summed E-state index contributed by atoms with van der Waals surface area (Å²) >= 11 is 0. The van der Waals surface area contributed by atoms with Crippen molar-refractivity contribution in [3.8, 4) is 92.0 Å². The highest BCUT2D eigenvalue weighted by Crippen LogP contribution is 2.59. The molecule has 0 aromatic heterocycles. The largest absolute Gasteiger partial charge is 0.457 e. The minimum atomic E-state index is -1.09. The van der Waals surface area contributed by atoms with Gasteiger partial charge in [-0.1, -0.05) is 182 Å². The van der Waals surface area contributed by atoms with Gasteiger partial charge in [0.2, 0.25) is 0 Å². The predicted molar refractivity (Wildman–Crippen MR) is 427 cm³/mol. The maximum absolute atomic E-state index is 7.80. The molecule has 0 spiro atoms. The van der Waals surface area contributed by atoms with Gasteiger partial charge in [0.1, 0.15) is 92.0 Å². The zero-order valence-corrected chi connectivity index (χ0v) is 61.2. The molecule has 6 aliphatic heterocycles. The van der Waals surface area contributed by atoms with Gasteiger partial charge in [-0.05, 0) is 171 Å². The summed E-state index contributed by atoms with van der Waals surface area (Å²) in [4.78, 5) is 0. The van der Waals surface area contributed by atoms with Gasteiger partial charge in [0.25, 0.3) is 25.2 Å². The zero-order chi connectivity index (χ0) is 74.0. The van der Waals surface area contributed by atoms with Crippen molar-refractivity contribution in [3.05, 3.63) is 404 Å². The number of hydrogen-bond acceptors (Lipinski definition) is 12. The number of fused-ring (bicyclic) bond motifs is 20. The second-order valence-corrected chi connectivity index (χ2v) is 29.9. The van der Waals surface area contributed by atoms with E-state index in [1.807, 2.05) is 146 Å². The molecule has 548 valence electrons. The molecule has 0 unspecified atom stereocenters. The zero-order valence-electron chi connectivity index (χ0n) is 61.2. The third-order valence-electron chi connectivity index (χ3n) is 22.8. The van der Waals surface area contributed by atoms with Gasteiger partial charge in [0, 0.05) is 127 Å². The van der Waals surface area contributed by atoms with E-state index >= 15 is 0 Å². The molecule has 0 fully saturated rings. The Kier molecular flexibility index (Phi) is 17.1. The highest BCUT2D eigenvalue weighted by molar-refractivity contribution is 5.66. The van der Waals surface area contributed by atoms with Crippen molar-refractivity contribution < 1.29 is 56.8 Å². The smallest absolute Gasteiger partial charge is 0.267 e. The van der Waals surface area contributed by atoms with Crippen molar-refractivity contribution >= 4 is 0 Å². The molecule has 0 amide bonds. The summed E-state index contributed by atoms with van der Waals surface area (Å²) in [5, 5.41) is 0. The Balaban J connectivity index is 0.907. The summed E-state index contributed by atoms with van der Waals surface area (Å²) in [7, 11) is 0. The molecule has 28 bridgehead atoms. The van der Waals surface area contributed by atoms with E-state index in [4.69, 9.17) is 56.8 Å². The van der Waals surface area contributed by atoms with Crippen molar-refractivity contribution in [3.63, 3.8) is 0 Å². The van der Waals surface area contributed by atoms with Crippen LogP contribution in [0.3, 0.4) is 0 Å². The fraction of sp³-hybridized carbons (Fsp3) is 0.160. The standard InChI is InChI=1S/C100H76O12/c1-5-19-61(20-6-1)39-43-77-81-53-82-78(44-40-62-21-7-2-8-22-62)87-56-88-80(46-42-64-25-11-4-12-26-64)84-54-83-79(45-41-63-23-9-3-10-24-63)86-55-85(77)93-59-94(86)110-99-67-29-15-33-71(49-67)103-75-37-18-38-76(52-75)104-72-34-16-30-68(50-72)100(108-92(84)58-91(83)107-99)112-96(88)60-95(87)111-98-66-28-14-32-70(48-66)102-74-36-17-35-73(51-74)101-69-31-13-27-65(47-69)97(109-93)105-89(81)57-90(82)106-98/h1-38,47-60,77-80,97-100H,39-46H2. The third kappa shape index (κ3) is 13.2. The van der Waals surface area contributed by atoms with Crippen LogP contribution in [0, 0.1) is 0 Å². The molecule has 6 heterocycles. The quantitative estimate of drug-likeness (QED) is 0.116. The Morgan fingerprint density at radius 1 is 0.170 bits per heavy atom. The lowest BCUT2D eigenvalue weighted by Crippen LogP contribution is -2.26. The van der Waals surface area contributed by atoms with Gasteiger partial charge in [-0.15, -0.1) is 0 Å². The van der Waals surface area contributed by atoms with Gasteiger partial charge in [-0.2, -0.15) is 0 Å². The van der Waals surface area contributed by atoms with Gasteiger partial charge < -0.3 is 56.8 Å². The first-order valence-corrected chi connectivity index (χ1v) is 38.9. The number of aryl methyl sites for hydroxylation is 4. The maximum atomic E-state index is 7.80. The van der Waals surface area contributed by atoms with Crippen LogP contribution < -0.4 is 56.8 Å². The van der Waals surface area contributed by atoms with Gasteiger partial charge in [-0.25, -0.2) is 0 Å². The minimum absolute atomic E-state index is 0.382. The Labute approximate surface area is 649 Å². The summed E-state index contributed by atoms with van der Waals surface area (Å²) in [5.41, 5.74) is 15.3. The first-order valence-electron chi connectivity index (χ1n) is 38.9. The molecule has 1 aliphatic carbocycles. The summed E-state index contributed by atoms with van der Waals surface area (Å²) < 4.78 is 89.6. The number of hydrogen-bond donors (Lipinski definition) is 0. The topological polar surface area (TPSA) is 111 Å². The molecule has 14 aromatic rings. The highest BCUT2D eigenvalue weighted by atomic mass is 16.7. The van der Waals surface area contributed by atoms with Crippen LogP contribution in [0.5, 0.6) is 92.0 Å². The number of rotatable bonds is 12. The van der Waals surface area contributed by atoms with Crippen LogP contribution in [0.15, 0.2) is 315 Å². The number of benzene rings is 14. The molecule has 14 aromatic carbocycles. The normalized spacial score (nSPS) is 19.1. The van der Waals surface area contributed by atoms with E-state index in [1.54, 1.807) is 0 Å². The molecular weight excluding hydrogens is 1390 g/mol. The van der Waals surface area contributed by atoms with E-state index in [9.17, 15) is 0 Å².